The van der Waals surface area contributed by atoms with E-state index in [1.165, 1.54) is 12.1 Å². The van der Waals surface area contributed by atoms with Gasteiger partial charge in [-0.1, -0.05) is 57.0 Å². The van der Waals surface area contributed by atoms with Crippen LogP contribution in [0.2, 0.25) is 0 Å². The van der Waals surface area contributed by atoms with Crippen LogP contribution in [0, 0.1) is 0 Å². The standard InChI is InChI=1S/C29H35N3O4S/c1-3-5-20-32(21-6-4-2)37(35,36)27-18-16-26(17-19-27)31-29(34)24-12-14-25(15-13-24)30-28(33)22-23-10-8-7-9-11-23/h7-19H,3-6,20-22H2,1-2H3,(H,30,33)(H,31,34). The van der Waals surface area contributed by atoms with Crippen molar-refractivity contribution in [2.75, 3.05) is 23.7 Å². The fourth-order valence-corrected chi connectivity index (χ4v) is 5.29. The number of nitrogens with one attached hydrogen (secondary N) is 2. The van der Waals surface area contributed by atoms with E-state index in [0.29, 0.717) is 30.0 Å². The molecule has 0 unspecified atom stereocenters. The second kappa shape index (κ2) is 13.7. The van der Waals surface area contributed by atoms with Gasteiger partial charge >= 0.3 is 0 Å². The molecular formula is C29H35N3O4S. The van der Waals surface area contributed by atoms with Crippen molar-refractivity contribution in [3.05, 3.63) is 90.0 Å². The maximum atomic E-state index is 13.1. The summed E-state index contributed by atoms with van der Waals surface area (Å²) in [5.74, 6) is -0.466. The highest BCUT2D eigenvalue weighted by Gasteiger charge is 2.23. The van der Waals surface area contributed by atoms with Crippen LogP contribution in [0.3, 0.4) is 0 Å². The molecule has 0 heterocycles. The summed E-state index contributed by atoms with van der Waals surface area (Å²) >= 11 is 0. The Morgan fingerprint density at radius 2 is 1.27 bits per heavy atom. The van der Waals surface area contributed by atoms with Crippen molar-refractivity contribution in [1.29, 1.82) is 0 Å². The highest BCUT2D eigenvalue weighted by Crippen LogP contribution is 2.20. The van der Waals surface area contributed by atoms with Crippen molar-refractivity contribution in [1.82, 2.24) is 4.31 Å². The Labute approximate surface area is 220 Å². The van der Waals surface area contributed by atoms with Gasteiger partial charge in [0.25, 0.3) is 5.91 Å². The van der Waals surface area contributed by atoms with Crippen molar-refractivity contribution < 1.29 is 18.0 Å². The monoisotopic (exact) mass is 521 g/mol. The zero-order valence-electron chi connectivity index (χ0n) is 21.4. The number of carbonyl (C=O) groups is 2. The molecule has 0 saturated carbocycles. The first-order valence-electron chi connectivity index (χ1n) is 12.7. The van der Waals surface area contributed by atoms with E-state index in [1.54, 1.807) is 40.7 Å². The Bertz CT molecular complexity index is 1250. The highest BCUT2D eigenvalue weighted by atomic mass is 32.2. The van der Waals surface area contributed by atoms with Gasteiger partial charge in [-0.3, -0.25) is 9.59 Å². The van der Waals surface area contributed by atoms with Crippen LogP contribution in [-0.4, -0.2) is 37.6 Å². The number of hydrogen-bond acceptors (Lipinski definition) is 4. The van der Waals surface area contributed by atoms with E-state index >= 15 is 0 Å². The number of anilines is 2. The molecule has 196 valence electrons. The SMILES string of the molecule is CCCCN(CCCC)S(=O)(=O)c1ccc(NC(=O)c2ccc(NC(=O)Cc3ccccc3)cc2)cc1. The second-order valence-electron chi connectivity index (χ2n) is 8.88. The Kier molecular flexibility index (Phi) is 10.4. The average Bonchev–Trinajstić information content (AvgIpc) is 2.90. The summed E-state index contributed by atoms with van der Waals surface area (Å²) in [6, 6.07) is 22.3. The molecule has 0 aliphatic carbocycles. The molecule has 0 aliphatic rings. The Morgan fingerprint density at radius 3 is 1.84 bits per heavy atom. The largest absolute Gasteiger partial charge is 0.326 e. The molecule has 0 fully saturated rings. The van der Waals surface area contributed by atoms with E-state index in [4.69, 9.17) is 0 Å². The topological polar surface area (TPSA) is 95.6 Å². The summed E-state index contributed by atoms with van der Waals surface area (Å²) in [4.78, 5) is 25.2. The third kappa shape index (κ3) is 8.27. The van der Waals surface area contributed by atoms with Gasteiger partial charge in [-0.15, -0.1) is 0 Å². The number of hydrogen-bond donors (Lipinski definition) is 2. The lowest BCUT2D eigenvalue weighted by Gasteiger charge is -2.22. The molecule has 0 bridgehead atoms. The minimum Gasteiger partial charge on any atom is -0.326 e. The minimum absolute atomic E-state index is 0.138. The van der Waals surface area contributed by atoms with Crippen LogP contribution in [-0.2, 0) is 21.2 Å². The number of unbranched alkanes of at least 4 members (excludes halogenated alkanes) is 2. The third-order valence-corrected chi connectivity index (χ3v) is 7.82. The van der Waals surface area contributed by atoms with Gasteiger partial charge < -0.3 is 10.6 Å². The zero-order chi connectivity index (χ0) is 26.7. The van der Waals surface area contributed by atoms with E-state index in [-0.39, 0.29) is 23.1 Å². The summed E-state index contributed by atoms with van der Waals surface area (Å²) in [5, 5.41) is 5.62. The van der Waals surface area contributed by atoms with Crippen molar-refractivity contribution in [2.24, 2.45) is 0 Å². The van der Waals surface area contributed by atoms with Crippen molar-refractivity contribution in [3.8, 4) is 0 Å². The number of amides is 2. The van der Waals surface area contributed by atoms with Crippen LogP contribution in [0.25, 0.3) is 0 Å². The van der Waals surface area contributed by atoms with Crippen LogP contribution in [0.4, 0.5) is 11.4 Å². The summed E-state index contributed by atoms with van der Waals surface area (Å²) in [6.45, 7) is 5.08. The molecular weight excluding hydrogens is 486 g/mol. The van der Waals surface area contributed by atoms with Gasteiger partial charge in [0, 0.05) is 30.0 Å². The molecule has 0 spiro atoms. The van der Waals surface area contributed by atoms with Gasteiger partial charge in [-0.05, 0) is 66.9 Å². The second-order valence-corrected chi connectivity index (χ2v) is 10.8. The van der Waals surface area contributed by atoms with Crippen molar-refractivity contribution in [2.45, 2.75) is 50.8 Å². The number of nitrogens with zero attached hydrogens (tertiary/aromatic N) is 1. The van der Waals surface area contributed by atoms with E-state index in [9.17, 15) is 18.0 Å². The normalized spacial score (nSPS) is 11.3. The predicted octanol–water partition coefficient (Wildman–Crippen LogP) is 5.71. The third-order valence-electron chi connectivity index (χ3n) is 5.91. The van der Waals surface area contributed by atoms with E-state index in [0.717, 1.165) is 31.2 Å². The fraction of sp³-hybridized carbons (Fsp3) is 0.310. The minimum atomic E-state index is -3.59. The maximum absolute atomic E-state index is 13.1. The lowest BCUT2D eigenvalue weighted by Crippen LogP contribution is -2.33. The molecule has 37 heavy (non-hydrogen) atoms. The van der Waals surface area contributed by atoms with Crippen LogP contribution in [0.15, 0.2) is 83.8 Å². The van der Waals surface area contributed by atoms with Gasteiger partial charge in [0.05, 0.1) is 11.3 Å². The first-order valence-corrected chi connectivity index (χ1v) is 14.1. The van der Waals surface area contributed by atoms with Crippen LogP contribution in [0.1, 0.15) is 55.5 Å². The quantitative estimate of drug-likeness (QED) is 0.301. The van der Waals surface area contributed by atoms with Crippen LogP contribution in [0.5, 0.6) is 0 Å². The van der Waals surface area contributed by atoms with E-state index < -0.39 is 10.0 Å². The number of rotatable bonds is 13. The zero-order valence-corrected chi connectivity index (χ0v) is 22.3. The van der Waals surface area contributed by atoms with Gasteiger partial charge in [-0.25, -0.2) is 8.42 Å². The number of carbonyl (C=O) groups excluding carboxylic acids is 2. The Hall–Kier alpha value is -3.49. The summed E-state index contributed by atoms with van der Waals surface area (Å²) < 4.78 is 27.8. The summed E-state index contributed by atoms with van der Waals surface area (Å²) in [6.07, 6.45) is 3.73. The van der Waals surface area contributed by atoms with E-state index in [1.807, 2.05) is 44.2 Å². The average molecular weight is 522 g/mol. The maximum Gasteiger partial charge on any atom is 0.255 e. The van der Waals surface area contributed by atoms with Crippen LogP contribution < -0.4 is 10.6 Å². The lowest BCUT2D eigenvalue weighted by atomic mass is 10.1. The Morgan fingerprint density at radius 1 is 0.730 bits per heavy atom. The molecule has 3 aromatic rings. The molecule has 8 heteroatoms. The lowest BCUT2D eigenvalue weighted by molar-refractivity contribution is -0.115. The molecule has 3 rings (SSSR count). The predicted molar refractivity (Wildman–Crippen MR) is 148 cm³/mol. The molecule has 2 N–H and O–H groups in total. The molecule has 0 aromatic heterocycles. The highest BCUT2D eigenvalue weighted by molar-refractivity contribution is 7.89. The van der Waals surface area contributed by atoms with Gasteiger partial charge in [0.1, 0.15) is 0 Å². The molecule has 3 aromatic carbocycles. The van der Waals surface area contributed by atoms with Gasteiger partial charge in [0.15, 0.2) is 0 Å². The number of sulfonamides is 1. The molecule has 0 saturated heterocycles. The molecule has 0 radical (unpaired) electrons. The first-order chi connectivity index (χ1) is 17.8. The fourth-order valence-electron chi connectivity index (χ4n) is 3.78. The first kappa shape index (κ1) is 28.1. The van der Waals surface area contributed by atoms with Crippen molar-refractivity contribution in [3.63, 3.8) is 0 Å². The molecule has 7 nitrogen and oxygen atoms in total. The summed E-state index contributed by atoms with van der Waals surface area (Å²) in [7, 11) is -3.59. The molecule has 0 atom stereocenters. The van der Waals surface area contributed by atoms with Crippen LogP contribution >= 0.6 is 0 Å². The molecule has 2 amide bonds. The smallest absolute Gasteiger partial charge is 0.255 e. The number of benzene rings is 3. The molecule has 0 aliphatic heterocycles. The van der Waals surface area contributed by atoms with Crippen molar-refractivity contribution >= 4 is 33.2 Å². The van der Waals surface area contributed by atoms with Gasteiger partial charge in [-0.2, -0.15) is 4.31 Å². The van der Waals surface area contributed by atoms with E-state index in [2.05, 4.69) is 10.6 Å². The van der Waals surface area contributed by atoms with Gasteiger partial charge in [0.2, 0.25) is 15.9 Å². The summed E-state index contributed by atoms with van der Waals surface area (Å²) in [5.41, 5.74) is 2.44. The Balaban J connectivity index is 1.59.